The summed E-state index contributed by atoms with van der Waals surface area (Å²) < 4.78 is 11.4. The molecule has 1 aliphatic heterocycles. The molecule has 5 rings (SSSR count). The van der Waals surface area contributed by atoms with Crippen LogP contribution in [0.5, 0.6) is 0 Å². The third kappa shape index (κ3) is 4.97. The van der Waals surface area contributed by atoms with Crippen molar-refractivity contribution in [2.24, 2.45) is 0 Å². The highest BCUT2D eigenvalue weighted by atomic mass is 35.5. The normalized spacial score (nSPS) is 15.2. The first kappa shape index (κ1) is 24.3. The molecule has 37 heavy (non-hydrogen) atoms. The highest BCUT2D eigenvalue weighted by Crippen LogP contribution is 2.31. The van der Waals surface area contributed by atoms with Crippen molar-refractivity contribution in [3.05, 3.63) is 76.4 Å². The van der Waals surface area contributed by atoms with Crippen LogP contribution in [0.15, 0.2) is 59.1 Å². The maximum absolute atomic E-state index is 12.7. The summed E-state index contributed by atoms with van der Waals surface area (Å²) in [4.78, 5) is 35.0. The van der Waals surface area contributed by atoms with Gasteiger partial charge in [-0.25, -0.2) is 14.8 Å². The van der Waals surface area contributed by atoms with E-state index in [1.807, 2.05) is 19.9 Å². The van der Waals surface area contributed by atoms with Crippen molar-refractivity contribution in [1.29, 1.82) is 5.26 Å². The van der Waals surface area contributed by atoms with Crippen molar-refractivity contribution in [2.75, 3.05) is 18.0 Å². The molecule has 3 heterocycles. The molecule has 1 fully saturated rings. The minimum absolute atomic E-state index is 0.154. The van der Waals surface area contributed by atoms with Crippen molar-refractivity contribution in [1.82, 2.24) is 15.3 Å². The molecular formula is C27H22ClN5O4. The van der Waals surface area contributed by atoms with E-state index in [-0.39, 0.29) is 24.9 Å². The maximum Gasteiger partial charge on any atom is 0.416 e. The maximum atomic E-state index is 12.7. The Hall–Kier alpha value is -4.42. The highest BCUT2D eigenvalue weighted by molar-refractivity contribution is 6.30. The summed E-state index contributed by atoms with van der Waals surface area (Å²) in [6.45, 7) is 4.48. The zero-order chi connectivity index (χ0) is 26.1. The Morgan fingerprint density at radius 3 is 2.70 bits per heavy atom. The van der Waals surface area contributed by atoms with E-state index in [0.717, 1.165) is 5.56 Å². The molecule has 10 heteroatoms. The quantitative estimate of drug-likeness (QED) is 0.370. The lowest BCUT2D eigenvalue weighted by atomic mass is 10.00. The number of benzene rings is 2. The Morgan fingerprint density at radius 1 is 1.24 bits per heavy atom. The van der Waals surface area contributed by atoms with E-state index < -0.39 is 12.2 Å². The van der Waals surface area contributed by atoms with Gasteiger partial charge in [0, 0.05) is 22.9 Å². The van der Waals surface area contributed by atoms with E-state index in [4.69, 9.17) is 20.8 Å². The second-order valence-electron chi connectivity index (χ2n) is 8.94. The number of hydrogen-bond acceptors (Lipinski definition) is 7. The summed E-state index contributed by atoms with van der Waals surface area (Å²) in [6.07, 6.45) is 0.414. The fourth-order valence-electron chi connectivity index (χ4n) is 4.09. The Balaban J connectivity index is 1.25. The van der Waals surface area contributed by atoms with Gasteiger partial charge in [-0.3, -0.25) is 9.69 Å². The lowest BCUT2D eigenvalue weighted by Crippen LogP contribution is -2.34. The average molecular weight is 516 g/mol. The van der Waals surface area contributed by atoms with Crippen LogP contribution in [0.25, 0.3) is 22.6 Å². The van der Waals surface area contributed by atoms with Gasteiger partial charge in [0.25, 0.3) is 5.91 Å². The van der Waals surface area contributed by atoms with Crippen LogP contribution in [0.2, 0.25) is 5.02 Å². The number of hydrogen-bond donors (Lipinski definition) is 1. The van der Waals surface area contributed by atoms with Crippen molar-refractivity contribution < 1.29 is 18.7 Å². The van der Waals surface area contributed by atoms with Gasteiger partial charge in [-0.2, -0.15) is 5.26 Å². The number of rotatable bonds is 6. The van der Waals surface area contributed by atoms with Crippen LogP contribution in [0.1, 0.15) is 41.3 Å². The number of pyridine rings is 1. The third-order valence-electron chi connectivity index (χ3n) is 6.02. The van der Waals surface area contributed by atoms with Gasteiger partial charge >= 0.3 is 6.09 Å². The molecule has 0 radical (unpaired) electrons. The molecule has 0 aliphatic carbocycles. The summed E-state index contributed by atoms with van der Waals surface area (Å²) in [5, 5.41) is 12.6. The summed E-state index contributed by atoms with van der Waals surface area (Å²) in [5.74, 6) is 0.704. The number of cyclic esters (lactones) is 1. The summed E-state index contributed by atoms with van der Waals surface area (Å²) >= 11 is 5.85. The molecule has 1 atom stereocenters. The third-order valence-corrected chi connectivity index (χ3v) is 6.24. The first-order chi connectivity index (χ1) is 17.8. The monoisotopic (exact) mass is 515 g/mol. The molecule has 0 bridgehead atoms. The highest BCUT2D eigenvalue weighted by Gasteiger charge is 2.33. The van der Waals surface area contributed by atoms with Gasteiger partial charge in [-0.15, -0.1) is 0 Å². The Bertz CT molecular complexity index is 1520. The van der Waals surface area contributed by atoms with Crippen LogP contribution < -0.4 is 10.2 Å². The van der Waals surface area contributed by atoms with Crippen LogP contribution in [0.3, 0.4) is 0 Å². The van der Waals surface area contributed by atoms with Gasteiger partial charge in [-0.1, -0.05) is 25.4 Å². The van der Waals surface area contributed by atoms with Gasteiger partial charge < -0.3 is 14.5 Å². The van der Waals surface area contributed by atoms with E-state index in [0.29, 0.717) is 44.5 Å². The van der Waals surface area contributed by atoms with Gasteiger partial charge in [0.15, 0.2) is 5.58 Å². The van der Waals surface area contributed by atoms with Gasteiger partial charge in [0.2, 0.25) is 5.89 Å². The predicted molar refractivity (Wildman–Crippen MR) is 137 cm³/mol. The molecule has 2 aromatic heterocycles. The predicted octanol–water partition coefficient (Wildman–Crippen LogP) is 5.29. The molecule has 4 aromatic rings. The molecular weight excluding hydrogens is 494 g/mol. The van der Waals surface area contributed by atoms with Crippen molar-refractivity contribution in [3.8, 4) is 17.5 Å². The number of halogens is 1. The number of carbonyl (C=O) groups is 2. The molecule has 1 saturated heterocycles. The fourth-order valence-corrected chi connectivity index (χ4v) is 4.20. The number of aromatic nitrogens is 2. The Morgan fingerprint density at radius 2 is 2.03 bits per heavy atom. The minimum Gasteiger partial charge on any atom is -0.442 e. The van der Waals surface area contributed by atoms with E-state index in [1.54, 1.807) is 42.5 Å². The number of carbonyl (C=O) groups excluding carboxylic acids is 2. The second kappa shape index (κ2) is 9.91. The number of nitriles is 1. The molecule has 2 aromatic carbocycles. The average Bonchev–Trinajstić information content (AvgIpc) is 3.50. The molecule has 0 unspecified atom stereocenters. The summed E-state index contributed by atoms with van der Waals surface area (Å²) in [7, 11) is 0. The number of fused-ring (bicyclic) bond motifs is 1. The van der Waals surface area contributed by atoms with E-state index in [1.165, 1.54) is 11.1 Å². The van der Waals surface area contributed by atoms with E-state index in [9.17, 15) is 14.9 Å². The lowest BCUT2D eigenvalue weighted by Gasteiger charge is -2.12. The smallest absolute Gasteiger partial charge is 0.416 e. The zero-order valence-electron chi connectivity index (χ0n) is 20.1. The number of ether oxygens (including phenoxy) is 1. The summed E-state index contributed by atoms with van der Waals surface area (Å²) in [6, 6.07) is 15.8. The molecule has 0 saturated carbocycles. The van der Waals surface area contributed by atoms with Gasteiger partial charge in [0.05, 0.1) is 29.7 Å². The first-order valence-electron chi connectivity index (χ1n) is 11.7. The standard InChI is InChI=1S/C27H22ClN5O4/c1-15(2)21-9-16(11-29)10-22-24(21)37-26(32-22)18-5-3-17(4-6-18)25(34)31-13-20-14-33(27(35)36-20)23-8-7-19(28)12-30-23/h3-10,12,15,20H,13-14H2,1-2H3,(H,31,34)/t20-/m1/s1. The van der Waals surface area contributed by atoms with Crippen LogP contribution in [-0.4, -0.2) is 41.2 Å². The molecule has 186 valence electrons. The van der Waals surface area contributed by atoms with Crippen LogP contribution in [0.4, 0.5) is 10.6 Å². The topological polar surface area (TPSA) is 121 Å². The number of anilines is 1. The lowest BCUT2D eigenvalue weighted by molar-refractivity contribution is 0.0916. The molecule has 1 aliphatic rings. The fraction of sp³-hybridized carbons (Fsp3) is 0.222. The SMILES string of the molecule is CC(C)c1cc(C#N)cc2nc(-c3ccc(C(=O)NC[C@@H]4CN(c5ccc(Cl)cn5)C(=O)O4)cc3)oc12. The first-order valence-corrected chi connectivity index (χ1v) is 12.0. The van der Waals surface area contributed by atoms with Crippen LogP contribution in [-0.2, 0) is 4.74 Å². The van der Waals surface area contributed by atoms with E-state index in [2.05, 4.69) is 21.4 Å². The van der Waals surface area contributed by atoms with E-state index >= 15 is 0 Å². The number of nitrogens with one attached hydrogen (secondary N) is 1. The van der Waals surface area contributed by atoms with Gasteiger partial charge in [0.1, 0.15) is 17.4 Å². The molecule has 0 spiro atoms. The zero-order valence-corrected chi connectivity index (χ0v) is 20.8. The van der Waals surface area contributed by atoms with Crippen molar-refractivity contribution in [3.63, 3.8) is 0 Å². The number of oxazole rings is 1. The molecule has 1 N–H and O–H groups in total. The van der Waals surface area contributed by atoms with Crippen molar-refractivity contribution in [2.45, 2.75) is 25.9 Å². The van der Waals surface area contributed by atoms with Crippen LogP contribution >= 0.6 is 11.6 Å². The molecule has 2 amide bonds. The second-order valence-corrected chi connectivity index (χ2v) is 9.37. The Labute approximate surface area is 217 Å². The number of amides is 2. The molecule has 9 nitrogen and oxygen atoms in total. The minimum atomic E-state index is -0.528. The summed E-state index contributed by atoms with van der Waals surface area (Å²) in [5.41, 5.74) is 3.87. The Kier molecular flexibility index (Phi) is 6.51. The largest absolute Gasteiger partial charge is 0.442 e. The van der Waals surface area contributed by atoms with Gasteiger partial charge in [-0.05, 0) is 54.4 Å². The van der Waals surface area contributed by atoms with Crippen molar-refractivity contribution >= 4 is 40.5 Å². The van der Waals surface area contributed by atoms with Crippen LogP contribution in [0, 0.1) is 11.3 Å². The number of nitrogens with zero attached hydrogens (tertiary/aromatic N) is 4.